The first-order valence-electron chi connectivity index (χ1n) is 7.50. The monoisotopic (exact) mass is 281 g/mol. The zero-order valence-corrected chi connectivity index (χ0v) is 12.3. The number of rotatable bonds is 2. The van der Waals surface area contributed by atoms with Crippen LogP contribution in [-0.4, -0.2) is 33.0 Å². The summed E-state index contributed by atoms with van der Waals surface area (Å²) in [4.78, 5) is 16.6. The molecule has 0 aromatic carbocycles. The van der Waals surface area contributed by atoms with E-state index in [1.165, 1.54) is 11.1 Å². The molecule has 3 aromatic heterocycles. The van der Waals surface area contributed by atoms with Crippen molar-refractivity contribution in [1.82, 2.24) is 25.3 Å². The Balaban J connectivity index is 2.02. The molecule has 1 aliphatic rings. The first kappa shape index (κ1) is 12.7. The predicted octanol–water partition coefficient (Wildman–Crippen LogP) is 2.61. The highest BCUT2D eigenvalue weighted by Gasteiger charge is 2.39. The largest absolute Gasteiger partial charge is 0.349 e. The molecule has 0 radical (unpaired) electrons. The maximum atomic E-state index is 4.45. The number of aromatic amines is 1. The van der Waals surface area contributed by atoms with Gasteiger partial charge < -0.3 is 10.3 Å². The number of nitrogens with zero attached hydrogens (tertiary/aromatic N) is 3. The van der Waals surface area contributed by atoms with E-state index >= 15 is 0 Å². The molecular weight excluding hydrogens is 262 g/mol. The van der Waals surface area contributed by atoms with E-state index in [1.54, 1.807) is 6.33 Å². The fourth-order valence-electron chi connectivity index (χ4n) is 3.54. The summed E-state index contributed by atoms with van der Waals surface area (Å²) in [5.41, 5.74) is 3.26. The normalized spacial score (nSPS) is 25.9. The highest BCUT2D eigenvalue weighted by atomic mass is 15.0. The Morgan fingerprint density at radius 2 is 2.24 bits per heavy atom. The van der Waals surface area contributed by atoms with E-state index in [0.29, 0.717) is 5.92 Å². The molecule has 21 heavy (non-hydrogen) atoms. The van der Waals surface area contributed by atoms with E-state index in [4.69, 9.17) is 0 Å². The molecule has 0 amide bonds. The summed E-state index contributed by atoms with van der Waals surface area (Å²) in [6.07, 6.45) is 6.58. The van der Waals surface area contributed by atoms with Gasteiger partial charge >= 0.3 is 0 Å². The number of hydrogen-bond donors (Lipinski definition) is 2. The average molecular weight is 281 g/mol. The van der Waals surface area contributed by atoms with Crippen LogP contribution in [0, 0.1) is 5.41 Å². The van der Waals surface area contributed by atoms with Gasteiger partial charge in [-0.3, -0.25) is 0 Å². The van der Waals surface area contributed by atoms with Crippen molar-refractivity contribution >= 4 is 21.9 Å². The van der Waals surface area contributed by atoms with E-state index < -0.39 is 0 Å². The summed E-state index contributed by atoms with van der Waals surface area (Å²) in [5.74, 6) is 0.452. The summed E-state index contributed by atoms with van der Waals surface area (Å²) in [7, 11) is 0. The molecule has 2 atom stereocenters. The van der Waals surface area contributed by atoms with E-state index in [0.717, 1.165) is 36.1 Å². The summed E-state index contributed by atoms with van der Waals surface area (Å²) in [6.45, 7) is 6.68. The summed E-state index contributed by atoms with van der Waals surface area (Å²) in [5, 5.41) is 5.82. The molecule has 1 aliphatic heterocycles. The maximum absolute atomic E-state index is 4.45. The maximum Gasteiger partial charge on any atom is 0.159 e. The molecule has 4 rings (SSSR count). The van der Waals surface area contributed by atoms with E-state index in [9.17, 15) is 0 Å². The summed E-state index contributed by atoms with van der Waals surface area (Å²) >= 11 is 0. The highest BCUT2D eigenvalue weighted by Crippen LogP contribution is 2.43. The lowest BCUT2D eigenvalue weighted by molar-refractivity contribution is 0.306. The van der Waals surface area contributed by atoms with Crippen molar-refractivity contribution in [2.45, 2.75) is 26.2 Å². The van der Waals surface area contributed by atoms with E-state index in [1.807, 2.05) is 18.5 Å². The van der Waals surface area contributed by atoms with Gasteiger partial charge in [-0.1, -0.05) is 13.8 Å². The van der Waals surface area contributed by atoms with Gasteiger partial charge in [0.1, 0.15) is 0 Å². The number of hydrogen-bond acceptors (Lipinski definition) is 4. The van der Waals surface area contributed by atoms with Gasteiger partial charge in [0.2, 0.25) is 0 Å². The Morgan fingerprint density at radius 3 is 3.10 bits per heavy atom. The van der Waals surface area contributed by atoms with Crippen molar-refractivity contribution in [3.8, 4) is 0 Å². The predicted molar refractivity (Wildman–Crippen MR) is 83.2 cm³/mol. The summed E-state index contributed by atoms with van der Waals surface area (Å²) < 4.78 is 0. The van der Waals surface area contributed by atoms with Gasteiger partial charge in [0, 0.05) is 41.7 Å². The molecule has 0 spiro atoms. The first-order valence-corrected chi connectivity index (χ1v) is 7.50. The van der Waals surface area contributed by atoms with Gasteiger partial charge in [-0.25, -0.2) is 15.0 Å². The first-order chi connectivity index (χ1) is 10.2. The third-order valence-corrected chi connectivity index (χ3v) is 5.08. The molecule has 1 unspecified atom stereocenters. The second-order valence-electron chi connectivity index (χ2n) is 6.21. The minimum atomic E-state index is 0.264. The molecule has 4 heterocycles. The highest BCUT2D eigenvalue weighted by molar-refractivity contribution is 6.04. The van der Waals surface area contributed by atoms with Crippen LogP contribution in [0.5, 0.6) is 0 Å². The SMILES string of the molecule is CC[C@@]1(C)CNCC1c1[nH]cnc2cnc3nccc3c12. The Hall–Kier alpha value is -2.01. The number of fused-ring (bicyclic) bond motifs is 3. The molecule has 1 fully saturated rings. The number of nitrogens with one attached hydrogen (secondary N) is 2. The van der Waals surface area contributed by atoms with Crippen LogP contribution in [0.3, 0.4) is 0 Å². The molecule has 5 heteroatoms. The second-order valence-corrected chi connectivity index (χ2v) is 6.21. The van der Waals surface area contributed by atoms with Crippen LogP contribution in [0.2, 0.25) is 0 Å². The molecule has 0 saturated carbocycles. The lowest BCUT2D eigenvalue weighted by Gasteiger charge is -2.30. The molecular formula is C16H19N5. The van der Waals surface area contributed by atoms with Crippen LogP contribution in [-0.2, 0) is 0 Å². The van der Waals surface area contributed by atoms with Crippen molar-refractivity contribution in [2.24, 2.45) is 5.41 Å². The molecule has 1 saturated heterocycles. The van der Waals surface area contributed by atoms with Crippen molar-refractivity contribution in [3.05, 3.63) is 30.5 Å². The number of H-pyrrole nitrogens is 1. The van der Waals surface area contributed by atoms with Gasteiger partial charge in [0.15, 0.2) is 5.65 Å². The van der Waals surface area contributed by atoms with Crippen LogP contribution in [0.25, 0.3) is 21.9 Å². The molecule has 5 nitrogen and oxygen atoms in total. The quantitative estimate of drug-likeness (QED) is 0.757. The standard InChI is InChI=1S/C16H19N5/c1-3-16(2)8-17-6-11(16)14-13-10-4-5-18-15(10)19-7-12(13)20-9-21-14/h4-5,7,9,11,17H,3,6,8H2,1-2H3,(H,20,21)/t11?,16-/m0/s1. The topological polar surface area (TPSA) is 66.5 Å². The second kappa shape index (κ2) is 4.49. The smallest absolute Gasteiger partial charge is 0.159 e. The lowest BCUT2D eigenvalue weighted by atomic mass is 9.75. The third-order valence-electron chi connectivity index (χ3n) is 5.08. The van der Waals surface area contributed by atoms with Crippen LogP contribution in [0.1, 0.15) is 31.9 Å². The van der Waals surface area contributed by atoms with Gasteiger partial charge in [0.05, 0.1) is 18.0 Å². The third kappa shape index (κ3) is 1.77. The molecule has 3 aromatic rings. The van der Waals surface area contributed by atoms with Gasteiger partial charge in [0.25, 0.3) is 0 Å². The minimum absolute atomic E-state index is 0.264. The van der Waals surface area contributed by atoms with E-state index in [-0.39, 0.29) is 5.41 Å². The zero-order chi connectivity index (χ0) is 14.4. The minimum Gasteiger partial charge on any atom is -0.349 e. The Kier molecular flexibility index (Phi) is 2.72. The number of aromatic nitrogens is 4. The fourth-order valence-corrected chi connectivity index (χ4v) is 3.54. The zero-order valence-electron chi connectivity index (χ0n) is 12.3. The van der Waals surface area contributed by atoms with Gasteiger partial charge in [-0.2, -0.15) is 0 Å². The van der Waals surface area contributed by atoms with E-state index in [2.05, 4.69) is 39.1 Å². The Bertz CT molecular complexity index is 809. The van der Waals surface area contributed by atoms with Crippen LogP contribution >= 0.6 is 0 Å². The van der Waals surface area contributed by atoms with Gasteiger partial charge in [-0.05, 0) is 17.9 Å². The van der Waals surface area contributed by atoms with Crippen molar-refractivity contribution in [3.63, 3.8) is 0 Å². The van der Waals surface area contributed by atoms with Crippen molar-refractivity contribution < 1.29 is 0 Å². The van der Waals surface area contributed by atoms with Crippen LogP contribution < -0.4 is 5.32 Å². The van der Waals surface area contributed by atoms with Crippen LogP contribution in [0.15, 0.2) is 24.8 Å². The van der Waals surface area contributed by atoms with Crippen LogP contribution in [0.4, 0.5) is 0 Å². The van der Waals surface area contributed by atoms with Crippen molar-refractivity contribution in [2.75, 3.05) is 13.1 Å². The molecule has 108 valence electrons. The summed E-state index contributed by atoms with van der Waals surface area (Å²) in [6, 6.07) is 2.04. The molecule has 0 aliphatic carbocycles. The number of pyridine rings is 1. The average Bonchev–Trinajstić information content (AvgIpc) is 3.13. The molecule has 2 N–H and O–H groups in total. The van der Waals surface area contributed by atoms with Gasteiger partial charge in [-0.15, -0.1) is 0 Å². The Labute approximate surface area is 123 Å². The Morgan fingerprint density at radius 1 is 1.33 bits per heavy atom. The molecule has 0 bridgehead atoms. The fraction of sp³-hybridized carbons (Fsp3) is 0.438. The van der Waals surface area contributed by atoms with Crippen molar-refractivity contribution in [1.29, 1.82) is 0 Å². The lowest BCUT2D eigenvalue weighted by Crippen LogP contribution is -2.25.